The van der Waals surface area contributed by atoms with Gasteiger partial charge in [-0.15, -0.1) is 0 Å². The molecule has 0 radical (unpaired) electrons. The van der Waals surface area contributed by atoms with E-state index in [9.17, 15) is 13.2 Å². The molecule has 1 aliphatic heterocycles. The molecule has 0 saturated carbocycles. The second-order valence-electron chi connectivity index (χ2n) is 3.94. The highest BCUT2D eigenvalue weighted by atomic mass is 19.4. The molecule has 1 nitrogen and oxygen atoms in total. The van der Waals surface area contributed by atoms with E-state index in [1.165, 1.54) is 6.07 Å². The lowest BCUT2D eigenvalue weighted by Crippen LogP contribution is -2.27. The fraction of sp³-hybridized carbons (Fsp3) is 0.455. The normalized spacial score (nSPS) is 21.2. The zero-order valence-electron chi connectivity index (χ0n) is 8.36. The smallest absolute Gasteiger partial charge is 0.312 e. The van der Waals surface area contributed by atoms with E-state index in [1.54, 1.807) is 6.07 Å². The van der Waals surface area contributed by atoms with Crippen molar-refractivity contribution < 1.29 is 13.2 Å². The van der Waals surface area contributed by atoms with Crippen molar-refractivity contribution >= 4 is 0 Å². The number of nitrogens with one attached hydrogen (secondary N) is 1. The molecular formula is C11H12F3N. The second-order valence-corrected chi connectivity index (χ2v) is 3.94. The molecular weight excluding hydrogens is 203 g/mol. The van der Waals surface area contributed by atoms with Crippen LogP contribution < -0.4 is 5.32 Å². The topological polar surface area (TPSA) is 12.0 Å². The molecule has 0 fully saturated rings. The van der Waals surface area contributed by atoms with E-state index in [0.29, 0.717) is 6.54 Å². The third-order valence-corrected chi connectivity index (χ3v) is 2.77. The van der Waals surface area contributed by atoms with Gasteiger partial charge < -0.3 is 5.32 Å². The average Bonchev–Trinajstić information content (AvgIpc) is 2.16. The highest BCUT2D eigenvalue weighted by Gasteiger charge is 2.31. The van der Waals surface area contributed by atoms with Crippen LogP contribution in [0, 0.1) is 0 Å². The highest BCUT2D eigenvalue weighted by molar-refractivity contribution is 5.37. The van der Waals surface area contributed by atoms with E-state index in [2.05, 4.69) is 5.32 Å². The van der Waals surface area contributed by atoms with Crippen molar-refractivity contribution in [2.24, 2.45) is 0 Å². The quantitative estimate of drug-likeness (QED) is 0.701. The maximum atomic E-state index is 12.5. The van der Waals surface area contributed by atoms with Gasteiger partial charge in [0.15, 0.2) is 0 Å². The number of halogens is 3. The van der Waals surface area contributed by atoms with Gasteiger partial charge in [0.1, 0.15) is 0 Å². The summed E-state index contributed by atoms with van der Waals surface area (Å²) in [6.45, 7) is 3.34. The van der Waals surface area contributed by atoms with Crippen LogP contribution in [0.15, 0.2) is 18.2 Å². The van der Waals surface area contributed by atoms with Crippen molar-refractivity contribution in [3.63, 3.8) is 0 Å². The van der Waals surface area contributed by atoms with Crippen LogP contribution in [-0.4, -0.2) is 6.54 Å². The Balaban J connectivity index is 2.44. The fourth-order valence-corrected chi connectivity index (χ4v) is 1.92. The van der Waals surface area contributed by atoms with Crippen molar-refractivity contribution in [2.45, 2.75) is 25.6 Å². The summed E-state index contributed by atoms with van der Waals surface area (Å²) in [6, 6.07) is 4.00. The van der Waals surface area contributed by atoms with Gasteiger partial charge in [-0.3, -0.25) is 0 Å². The third-order valence-electron chi connectivity index (χ3n) is 2.77. The first kappa shape index (κ1) is 10.5. The van der Waals surface area contributed by atoms with Crippen LogP contribution >= 0.6 is 0 Å². The van der Waals surface area contributed by atoms with E-state index in [4.69, 9.17) is 0 Å². The Morgan fingerprint density at radius 2 is 2.07 bits per heavy atom. The SMILES string of the molecule is CC1CNCc2ccc(C(F)(F)F)cc21. The van der Waals surface area contributed by atoms with Crippen molar-refractivity contribution in [3.05, 3.63) is 34.9 Å². The van der Waals surface area contributed by atoms with Gasteiger partial charge in [-0.1, -0.05) is 13.0 Å². The summed E-state index contributed by atoms with van der Waals surface area (Å²) >= 11 is 0. The van der Waals surface area contributed by atoms with Gasteiger partial charge in [0.2, 0.25) is 0 Å². The minimum absolute atomic E-state index is 0.149. The Kier molecular flexibility index (Phi) is 2.46. The van der Waals surface area contributed by atoms with E-state index < -0.39 is 11.7 Å². The minimum atomic E-state index is -4.24. The molecule has 1 atom stereocenters. The second kappa shape index (κ2) is 3.52. The molecule has 0 saturated heterocycles. The molecule has 1 heterocycles. The van der Waals surface area contributed by atoms with Gasteiger partial charge >= 0.3 is 6.18 Å². The molecule has 1 aliphatic rings. The maximum Gasteiger partial charge on any atom is 0.416 e. The number of fused-ring (bicyclic) bond motifs is 1. The Hall–Kier alpha value is -1.03. The average molecular weight is 215 g/mol. The molecule has 15 heavy (non-hydrogen) atoms. The first-order valence-corrected chi connectivity index (χ1v) is 4.89. The van der Waals surface area contributed by atoms with Gasteiger partial charge in [-0.2, -0.15) is 13.2 Å². The Bertz CT molecular complexity index is 371. The van der Waals surface area contributed by atoms with Gasteiger partial charge in [0, 0.05) is 13.1 Å². The molecule has 2 rings (SSSR count). The van der Waals surface area contributed by atoms with Crippen LogP contribution in [0.4, 0.5) is 13.2 Å². The molecule has 0 aliphatic carbocycles. The molecule has 1 unspecified atom stereocenters. The maximum absolute atomic E-state index is 12.5. The molecule has 1 aromatic carbocycles. The van der Waals surface area contributed by atoms with Crippen LogP contribution in [0.3, 0.4) is 0 Å². The van der Waals surface area contributed by atoms with Crippen LogP contribution in [-0.2, 0) is 12.7 Å². The zero-order valence-corrected chi connectivity index (χ0v) is 8.36. The lowest BCUT2D eigenvalue weighted by molar-refractivity contribution is -0.137. The summed E-state index contributed by atoms with van der Waals surface area (Å²) in [5.41, 5.74) is 1.25. The monoisotopic (exact) mass is 215 g/mol. The van der Waals surface area contributed by atoms with Crippen LogP contribution in [0.5, 0.6) is 0 Å². The first-order valence-electron chi connectivity index (χ1n) is 4.89. The summed E-state index contributed by atoms with van der Waals surface area (Å²) < 4.78 is 37.4. The van der Waals surface area contributed by atoms with Crippen LogP contribution in [0.25, 0.3) is 0 Å². The zero-order chi connectivity index (χ0) is 11.1. The van der Waals surface area contributed by atoms with E-state index in [-0.39, 0.29) is 5.92 Å². The molecule has 4 heteroatoms. The largest absolute Gasteiger partial charge is 0.416 e. The number of benzene rings is 1. The molecule has 82 valence electrons. The van der Waals surface area contributed by atoms with Gasteiger partial charge in [0.05, 0.1) is 5.56 Å². The lowest BCUT2D eigenvalue weighted by Gasteiger charge is -2.24. The first-order chi connectivity index (χ1) is 6.98. The highest BCUT2D eigenvalue weighted by Crippen LogP contribution is 2.33. The summed E-state index contributed by atoms with van der Waals surface area (Å²) in [4.78, 5) is 0. The van der Waals surface area contributed by atoms with Crippen LogP contribution in [0.1, 0.15) is 29.5 Å². The Morgan fingerprint density at radius 3 is 2.73 bits per heavy atom. The standard InChI is InChI=1S/C11H12F3N/c1-7-5-15-6-8-2-3-9(4-10(7)8)11(12,13)14/h2-4,7,15H,5-6H2,1H3. The lowest BCUT2D eigenvalue weighted by atomic mass is 9.90. The molecule has 0 amide bonds. The molecule has 0 aromatic heterocycles. The van der Waals surface area contributed by atoms with E-state index in [0.717, 1.165) is 23.7 Å². The summed E-state index contributed by atoms with van der Waals surface area (Å²) in [5, 5.41) is 3.17. The molecule has 1 aromatic rings. The van der Waals surface area contributed by atoms with E-state index >= 15 is 0 Å². The molecule has 0 bridgehead atoms. The predicted octanol–water partition coefficient (Wildman–Crippen LogP) is 2.91. The molecule has 1 N–H and O–H groups in total. The van der Waals surface area contributed by atoms with Crippen molar-refractivity contribution in [2.75, 3.05) is 6.54 Å². The van der Waals surface area contributed by atoms with Gasteiger partial charge in [-0.25, -0.2) is 0 Å². The summed E-state index contributed by atoms with van der Waals surface area (Å²) in [7, 11) is 0. The van der Waals surface area contributed by atoms with E-state index in [1.807, 2.05) is 6.92 Å². The number of alkyl halides is 3. The summed E-state index contributed by atoms with van der Waals surface area (Å²) in [6.07, 6.45) is -4.24. The van der Waals surface area contributed by atoms with Crippen molar-refractivity contribution in [1.82, 2.24) is 5.32 Å². The number of hydrogen-bond acceptors (Lipinski definition) is 1. The van der Waals surface area contributed by atoms with Crippen molar-refractivity contribution in [1.29, 1.82) is 0 Å². The van der Waals surface area contributed by atoms with Gasteiger partial charge in [0.25, 0.3) is 0 Å². The number of hydrogen-bond donors (Lipinski definition) is 1. The van der Waals surface area contributed by atoms with Gasteiger partial charge in [-0.05, 0) is 29.2 Å². The number of rotatable bonds is 0. The predicted molar refractivity (Wildman–Crippen MR) is 51.6 cm³/mol. The third kappa shape index (κ3) is 2.00. The molecule has 0 spiro atoms. The Labute approximate surface area is 86.3 Å². The fourth-order valence-electron chi connectivity index (χ4n) is 1.92. The Morgan fingerprint density at radius 1 is 1.33 bits per heavy atom. The minimum Gasteiger partial charge on any atom is -0.312 e. The van der Waals surface area contributed by atoms with Crippen molar-refractivity contribution in [3.8, 4) is 0 Å². The van der Waals surface area contributed by atoms with Crippen LogP contribution in [0.2, 0.25) is 0 Å². The summed E-state index contributed by atoms with van der Waals surface area (Å²) in [5.74, 6) is 0.149.